The number of nitriles is 2. The summed E-state index contributed by atoms with van der Waals surface area (Å²) in [4.78, 5) is 25.5. The molecule has 0 atom stereocenters. The zero-order valence-electron chi connectivity index (χ0n) is 27.6. The highest BCUT2D eigenvalue weighted by atomic mass is 19.1. The monoisotopic (exact) mass is 692 g/mol. The third-order valence-corrected chi connectivity index (χ3v) is 7.74. The molecule has 52 heavy (non-hydrogen) atoms. The van der Waals surface area contributed by atoms with Crippen LogP contribution >= 0.6 is 0 Å². The first kappa shape index (κ1) is 36.3. The molecule has 256 valence electrons. The van der Waals surface area contributed by atoms with Crippen LogP contribution in [-0.4, -0.2) is 18.6 Å². The van der Waals surface area contributed by atoms with E-state index in [2.05, 4.69) is 11.5 Å². The lowest BCUT2D eigenvalue weighted by molar-refractivity contribution is 0.0724. The van der Waals surface area contributed by atoms with Crippen LogP contribution in [0, 0.1) is 34.3 Å². The van der Waals surface area contributed by atoms with Crippen molar-refractivity contribution in [2.75, 3.05) is 6.67 Å². The van der Waals surface area contributed by atoms with Crippen LogP contribution in [0.15, 0.2) is 133 Å². The predicted octanol–water partition coefficient (Wildman–Crippen LogP) is 7.93. The average Bonchev–Trinajstić information content (AvgIpc) is 3.16. The Morgan fingerprint density at radius 2 is 0.885 bits per heavy atom. The van der Waals surface area contributed by atoms with Gasteiger partial charge in [-0.3, -0.25) is 0 Å². The number of carbonyl (C=O) groups excluding carboxylic acids is 2. The highest BCUT2D eigenvalue weighted by Gasteiger charge is 2.14. The van der Waals surface area contributed by atoms with Gasteiger partial charge in [-0.15, -0.1) is 0 Å². The molecule has 0 spiro atoms. The summed E-state index contributed by atoms with van der Waals surface area (Å²) >= 11 is 0. The normalized spacial score (nSPS) is 10.2. The van der Waals surface area contributed by atoms with Crippen molar-refractivity contribution in [3.05, 3.63) is 178 Å². The molecule has 0 saturated carbocycles. The van der Waals surface area contributed by atoms with E-state index in [4.69, 9.17) is 20.0 Å². The topological polar surface area (TPSA) is 152 Å². The molecule has 0 radical (unpaired) electrons. The Balaban J connectivity index is 0.00000168. The molecule has 0 aliphatic carbocycles. The van der Waals surface area contributed by atoms with Crippen molar-refractivity contribution >= 4 is 11.9 Å². The molecule has 0 amide bonds. The van der Waals surface area contributed by atoms with Crippen molar-refractivity contribution in [1.29, 1.82) is 10.5 Å². The number of benzene rings is 6. The smallest absolute Gasteiger partial charge is 0.343 e. The number of esters is 2. The van der Waals surface area contributed by atoms with Gasteiger partial charge in [0.1, 0.15) is 23.1 Å². The first-order valence-corrected chi connectivity index (χ1v) is 15.8. The van der Waals surface area contributed by atoms with Gasteiger partial charge in [0.25, 0.3) is 0 Å². The van der Waals surface area contributed by atoms with Gasteiger partial charge in [-0.1, -0.05) is 48.5 Å². The van der Waals surface area contributed by atoms with Crippen LogP contribution < -0.4 is 20.9 Å². The summed E-state index contributed by atoms with van der Waals surface area (Å²) in [5.41, 5.74) is 14.4. The van der Waals surface area contributed by atoms with Crippen LogP contribution in [0.25, 0.3) is 22.3 Å². The molecule has 6 aromatic carbocycles. The molecule has 0 heterocycles. The molecule has 0 unspecified atom stereocenters. The average molecular weight is 693 g/mol. The quantitative estimate of drug-likeness (QED) is 0.0927. The van der Waals surface area contributed by atoms with Crippen LogP contribution in [0.5, 0.6) is 11.5 Å². The maximum atomic E-state index is 14.8. The summed E-state index contributed by atoms with van der Waals surface area (Å²) in [5, 5.41) is 17.9. The summed E-state index contributed by atoms with van der Waals surface area (Å²) in [5.74, 6) is -2.27. The van der Waals surface area contributed by atoms with Crippen molar-refractivity contribution in [1.82, 2.24) is 0 Å². The number of carbonyl (C=O) groups is 2. The zero-order valence-corrected chi connectivity index (χ0v) is 27.6. The van der Waals surface area contributed by atoms with Gasteiger partial charge in [0.15, 0.2) is 0 Å². The second-order valence-electron chi connectivity index (χ2n) is 11.2. The first-order valence-electron chi connectivity index (χ1n) is 15.8. The van der Waals surface area contributed by atoms with Crippen LogP contribution in [0.2, 0.25) is 0 Å². The molecular formula is C42H30F2N4O4. The van der Waals surface area contributed by atoms with Gasteiger partial charge in [-0.05, 0) is 101 Å². The fourth-order valence-corrected chi connectivity index (χ4v) is 5.12. The second-order valence-corrected chi connectivity index (χ2v) is 11.2. The molecule has 0 aliphatic rings. The Labute approximate surface area is 298 Å². The molecule has 4 N–H and O–H groups in total. The number of nitrogens with zero attached hydrogens (tertiary/aromatic N) is 2. The Bertz CT molecular complexity index is 2120. The van der Waals surface area contributed by atoms with E-state index in [1.807, 2.05) is 12.1 Å². The summed E-state index contributed by atoms with van der Waals surface area (Å²) in [6.45, 7) is 0.250. The lowest BCUT2D eigenvalue weighted by Crippen LogP contribution is -2.09. The minimum atomic E-state index is -0.635. The third kappa shape index (κ3) is 9.17. The molecule has 0 fully saturated rings. The van der Waals surface area contributed by atoms with Gasteiger partial charge in [-0.2, -0.15) is 10.5 Å². The third-order valence-electron chi connectivity index (χ3n) is 7.74. The Hall–Kier alpha value is -6.98. The molecule has 6 aromatic rings. The molecular weight excluding hydrogens is 662 g/mol. The van der Waals surface area contributed by atoms with Gasteiger partial charge >= 0.3 is 11.9 Å². The summed E-state index contributed by atoms with van der Waals surface area (Å²) < 4.78 is 40.4. The van der Waals surface area contributed by atoms with Crippen LogP contribution in [-0.2, 0) is 6.42 Å². The van der Waals surface area contributed by atoms with E-state index in [-0.39, 0.29) is 18.2 Å². The van der Waals surface area contributed by atoms with E-state index in [0.29, 0.717) is 50.9 Å². The standard InChI is InChI=1S/C41H24F2N2O4.CH6N2/c42-38-22-34(17-19-36(38)30-9-5-28(24-44)6-10-30)48-40(46)32-13-1-26(2-14-32)21-27-3-15-33(16-4-27)41(47)49-35-18-20-37(39(43)23-35)31-11-7-29(25-45)8-12-31;2-1-3/h1-20,22-23H,21H2;1-3H2. The maximum Gasteiger partial charge on any atom is 0.343 e. The van der Waals surface area contributed by atoms with Crippen LogP contribution in [0.4, 0.5) is 8.78 Å². The molecule has 0 bridgehead atoms. The van der Waals surface area contributed by atoms with Gasteiger partial charge in [0.05, 0.1) is 34.4 Å². The first-order chi connectivity index (χ1) is 25.2. The highest BCUT2D eigenvalue weighted by molar-refractivity contribution is 5.92. The zero-order chi connectivity index (χ0) is 37.0. The van der Waals surface area contributed by atoms with Gasteiger partial charge in [0, 0.05) is 29.9 Å². The largest absolute Gasteiger partial charge is 0.423 e. The number of halogens is 2. The maximum absolute atomic E-state index is 14.8. The van der Waals surface area contributed by atoms with Crippen molar-refractivity contribution in [2.24, 2.45) is 11.5 Å². The minimum absolute atomic E-state index is 0.0628. The molecule has 0 saturated heterocycles. The molecule has 0 aromatic heterocycles. The summed E-state index contributed by atoms with van der Waals surface area (Å²) in [6.07, 6.45) is 0.523. The minimum Gasteiger partial charge on any atom is -0.423 e. The summed E-state index contributed by atoms with van der Waals surface area (Å²) in [7, 11) is 0. The Morgan fingerprint density at radius 3 is 1.19 bits per heavy atom. The van der Waals surface area contributed by atoms with E-state index in [0.717, 1.165) is 23.3 Å². The fourth-order valence-electron chi connectivity index (χ4n) is 5.12. The summed E-state index contributed by atoms with van der Waals surface area (Å²) in [6, 6.07) is 39.0. The second kappa shape index (κ2) is 17.1. The van der Waals surface area contributed by atoms with E-state index in [1.54, 1.807) is 97.1 Å². The van der Waals surface area contributed by atoms with Crippen LogP contribution in [0.3, 0.4) is 0 Å². The Morgan fingerprint density at radius 1 is 0.538 bits per heavy atom. The fraction of sp³-hybridized carbons (Fsp3) is 0.0476. The number of rotatable bonds is 8. The number of hydrogen-bond donors (Lipinski definition) is 2. The molecule has 10 heteroatoms. The number of nitrogens with two attached hydrogens (primary N) is 2. The highest BCUT2D eigenvalue weighted by Crippen LogP contribution is 2.29. The van der Waals surface area contributed by atoms with Gasteiger partial charge in [0.2, 0.25) is 0 Å². The molecule has 0 aliphatic heterocycles. The van der Waals surface area contributed by atoms with Crippen molar-refractivity contribution in [3.63, 3.8) is 0 Å². The number of hydrogen-bond acceptors (Lipinski definition) is 8. The van der Waals surface area contributed by atoms with Gasteiger partial charge < -0.3 is 20.9 Å². The predicted molar refractivity (Wildman–Crippen MR) is 192 cm³/mol. The van der Waals surface area contributed by atoms with E-state index in [9.17, 15) is 18.4 Å². The van der Waals surface area contributed by atoms with E-state index >= 15 is 0 Å². The van der Waals surface area contributed by atoms with E-state index in [1.165, 1.54) is 24.3 Å². The van der Waals surface area contributed by atoms with Crippen molar-refractivity contribution in [3.8, 4) is 45.9 Å². The Kier molecular flexibility index (Phi) is 11.9. The van der Waals surface area contributed by atoms with Gasteiger partial charge in [-0.25, -0.2) is 18.4 Å². The lowest BCUT2D eigenvalue weighted by Gasteiger charge is -2.09. The molecule has 6 rings (SSSR count). The van der Waals surface area contributed by atoms with Crippen LogP contribution in [0.1, 0.15) is 43.0 Å². The van der Waals surface area contributed by atoms with Crippen molar-refractivity contribution < 1.29 is 27.8 Å². The lowest BCUT2D eigenvalue weighted by atomic mass is 10.0. The van der Waals surface area contributed by atoms with Crippen molar-refractivity contribution in [2.45, 2.75) is 6.42 Å². The number of ether oxygens (including phenoxy) is 2. The molecule has 8 nitrogen and oxygen atoms in total. The van der Waals surface area contributed by atoms with E-state index < -0.39 is 23.6 Å². The SMILES string of the molecule is N#Cc1ccc(-c2ccc(OC(=O)c3ccc(Cc4ccc(C(=O)Oc5ccc(-c6ccc(C#N)cc6)c(F)c5)cc4)cc3)cc2F)cc1.NCN.